The first-order chi connectivity index (χ1) is 13.7. The first-order valence-corrected chi connectivity index (χ1v) is 11.6. The van der Waals surface area contributed by atoms with Crippen molar-refractivity contribution in [3.63, 3.8) is 0 Å². The predicted molar refractivity (Wildman–Crippen MR) is 111 cm³/mol. The van der Waals surface area contributed by atoms with Gasteiger partial charge in [0.15, 0.2) is 6.29 Å². The Morgan fingerprint density at radius 3 is 2.61 bits per heavy atom. The van der Waals surface area contributed by atoms with E-state index in [1.807, 2.05) is 24.3 Å². The third kappa shape index (κ3) is 5.09. The van der Waals surface area contributed by atoms with Crippen LogP contribution in [0.15, 0.2) is 29.2 Å². The van der Waals surface area contributed by atoms with Gasteiger partial charge >= 0.3 is 0 Å². The third-order valence-electron chi connectivity index (χ3n) is 6.48. The molecule has 1 aliphatic carbocycles. The number of hydrogen-bond acceptors (Lipinski definition) is 5. The summed E-state index contributed by atoms with van der Waals surface area (Å²) in [6.07, 6.45) is 12.2. The number of nitrogens with one attached hydrogen (secondary N) is 1. The summed E-state index contributed by atoms with van der Waals surface area (Å²) >= 11 is 1.71. The van der Waals surface area contributed by atoms with Crippen LogP contribution in [0.2, 0.25) is 0 Å². The van der Waals surface area contributed by atoms with Gasteiger partial charge in [-0.05, 0) is 68.0 Å². The highest BCUT2D eigenvalue weighted by Gasteiger charge is 2.35. The van der Waals surface area contributed by atoms with E-state index >= 15 is 0 Å². The van der Waals surface area contributed by atoms with Crippen molar-refractivity contribution in [3.05, 3.63) is 29.8 Å². The number of carbonyl (C=O) groups excluding carboxylic acids is 1. The second-order valence-electron chi connectivity index (χ2n) is 8.42. The summed E-state index contributed by atoms with van der Waals surface area (Å²) in [6, 6.07) is 7.80. The molecule has 28 heavy (non-hydrogen) atoms. The van der Waals surface area contributed by atoms with Gasteiger partial charge in [-0.25, -0.2) is 14.6 Å². The largest absolute Gasteiger partial charge is 0.350 e. The van der Waals surface area contributed by atoms with Crippen LogP contribution in [-0.2, 0) is 9.57 Å². The second-order valence-corrected chi connectivity index (χ2v) is 9.56. The normalized spacial score (nSPS) is 25.5. The Labute approximate surface area is 172 Å². The van der Waals surface area contributed by atoms with Crippen molar-refractivity contribution in [2.45, 2.75) is 75.4 Å². The van der Waals surface area contributed by atoms with Crippen LogP contribution in [0.3, 0.4) is 0 Å². The lowest BCUT2D eigenvalue weighted by Crippen LogP contribution is -2.38. The van der Waals surface area contributed by atoms with Crippen molar-refractivity contribution in [1.29, 1.82) is 0 Å². The van der Waals surface area contributed by atoms with E-state index in [1.54, 1.807) is 11.9 Å². The zero-order valence-corrected chi connectivity index (χ0v) is 17.5. The second kappa shape index (κ2) is 9.61. The molecule has 1 aromatic rings. The molecule has 1 N–H and O–H groups in total. The molecule has 1 atom stereocenters. The van der Waals surface area contributed by atoms with Gasteiger partial charge in [0.25, 0.3) is 5.91 Å². The maximum atomic E-state index is 12.7. The van der Waals surface area contributed by atoms with Crippen molar-refractivity contribution in [3.8, 4) is 0 Å². The van der Waals surface area contributed by atoms with Gasteiger partial charge in [0.2, 0.25) is 0 Å². The monoisotopic (exact) mass is 404 g/mol. The summed E-state index contributed by atoms with van der Waals surface area (Å²) in [6.45, 7) is 2.91. The quantitative estimate of drug-likeness (QED) is 0.557. The Balaban J connectivity index is 1.32. The highest BCUT2D eigenvalue weighted by Crippen LogP contribution is 2.46. The third-order valence-corrected chi connectivity index (χ3v) is 7.65. The van der Waals surface area contributed by atoms with Crippen molar-refractivity contribution in [2.24, 2.45) is 5.41 Å². The molecule has 3 fully saturated rings. The van der Waals surface area contributed by atoms with Crippen LogP contribution < -0.4 is 5.48 Å². The molecule has 1 spiro atoms. The smallest absolute Gasteiger partial charge is 0.276 e. The first-order valence-electron chi connectivity index (χ1n) is 10.8. The lowest BCUT2D eigenvalue weighted by Gasteiger charge is -2.43. The maximum Gasteiger partial charge on any atom is 0.276 e. The van der Waals surface area contributed by atoms with Crippen LogP contribution in [0.1, 0.15) is 74.6 Å². The van der Waals surface area contributed by atoms with Gasteiger partial charge in [-0.3, -0.25) is 4.79 Å². The molecule has 1 aromatic carbocycles. The minimum absolute atomic E-state index is 0.196. The standard InChI is InChI=1S/C22H32N2O3S/c25-21(23-27-20-10-4-7-17-26-20)18-8-2-3-9-19(18)28-24-15-13-22(14-16-24)11-5-1-6-12-22/h2-3,8-9,20H,1,4-7,10-17H2,(H,23,25). The van der Waals surface area contributed by atoms with Gasteiger partial charge in [0.1, 0.15) is 0 Å². The molecule has 0 bridgehead atoms. The molecule has 1 amide bonds. The fraction of sp³-hybridized carbons (Fsp3) is 0.682. The molecule has 6 heteroatoms. The summed E-state index contributed by atoms with van der Waals surface area (Å²) in [5, 5.41) is 0. The van der Waals surface area contributed by atoms with Gasteiger partial charge < -0.3 is 4.74 Å². The first kappa shape index (κ1) is 20.2. The maximum absolute atomic E-state index is 12.7. The van der Waals surface area contributed by atoms with E-state index in [2.05, 4.69) is 9.79 Å². The minimum Gasteiger partial charge on any atom is -0.350 e. The molecule has 2 heterocycles. The van der Waals surface area contributed by atoms with E-state index in [4.69, 9.17) is 9.57 Å². The number of benzene rings is 1. The van der Waals surface area contributed by atoms with Crippen LogP contribution in [0, 0.1) is 5.41 Å². The highest BCUT2D eigenvalue weighted by atomic mass is 32.2. The Kier molecular flexibility index (Phi) is 6.94. The van der Waals surface area contributed by atoms with E-state index in [1.165, 1.54) is 44.9 Å². The molecule has 2 aliphatic heterocycles. The Morgan fingerprint density at radius 1 is 1.07 bits per heavy atom. The average Bonchev–Trinajstić information content (AvgIpc) is 2.76. The van der Waals surface area contributed by atoms with E-state index in [0.29, 0.717) is 17.6 Å². The number of hydrogen-bond donors (Lipinski definition) is 1. The van der Waals surface area contributed by atoms with Gasteiger partial charge in [0, 0.05) is 31.0 Å². The fourth-order valence-electron chi connectivity index (χ4n) is 4.70. The van der Waals surface area contributed by atoms with Gasteiger partial charge in [-0.2, -0.15) is 0 Å². The van der Waals surface area contributed by atoms with E-state index in [9.17, 15) is 4.79 Å². The molecular weight excluding hydrogens is 372 g/mol. The van der Waals surface area contributed by atoms with Crippen LogP contribution >= 0.6 is 11.9 Å². The SMILES string of the molecule is O=C(NOC1CCCCO1)c1ccccc1SN1CCC2(CCCCC2)CC1. The summed E-state index contributed by atoms with van der Waals surface area (Å²) in [5.74, 6) is -0.196. The predicted octanol–water partition coefficient (Wildman–Crippen LogP) is 4.93. The molecular formula is C22H32N2O3S. The number of hydroxylamine groups is 1. The van der Waals surface area contributed by atoms with Gasteiger partial charge in [-0.15, -0.1) is 0 Å². The molecule has 5 nitrogen and oxygen atoms in total. The molecule has 4 rings (SSSR count). The van der Waals surface area contributed by atoms with E-state index in [-0.39, 0.29) is 12.2 Å². The minimum atomic E-state index is -0.328. The zero-order chi connectivity index (χ0) is 19.2. The number of ether oxygens (including phenoxy) is 1. The van der Waals surface area contributed by atoms with Gasteiger partial charge in [0.05, 0.1) is 5.56 Å². The van der Waals surface area contributed by atoms with Crippen molar-refractivity contribution in [1.82, 2.24) is 9.79 Å². The molecule has 0 aromatic heterocycles. The molecule has 3 aliphatic rings. The number of amides is 1. The van der Waals surface area contributed by atoms with Crippen LogP contribution in [0.25, 0.3) is 0 Å². The number of rotatable bonds is 5. The summed E-state index contributed by atoms with van der Waals surface area (Å²) in [7, 11) is 0. The van der Waals surface area contributed by atoms with Crippen molar-refractivity contribution in [2.75, 3.05) is 19.7 Å². The van der Waals surface area contributed by atoms with Crippen LogP contribution in [0.5, 0.6) is 0 Å². The summed E-state index contributed by atoms with van der Waals surface area (Å²) in [4.78, 5) is 19.1. The van der Waals surface area contributed by atoms with Crippen molar-refractivity contribution >= 4 is 17.9 Å². The Morgan fingerprint density at radius 2 is 1.86 bits per heavy atom. The lowest BCUT2D eigenvalue weighted by molar-refractivity contribution is -0.186. The van der Waals surface area contributed by atoms with Crippen molar-refractivity contribution < 1.29 is 14.4 Å². The summed E-state index contributed by atoms with van der Waals surface area (Å²) in [5.41, 5.74) is 3.86. The fourth-order valence-corrected chi connectivity index (χ4v) is 5.75. The van der Waals surface area contributed by atoms with Gasteiger partial charge in [-0.1, -0.05) is 31.4 Å². The van der Waals surface area contributed by atoms with E-state index in [0.717, 1.165) is 37.2 Å². The van der Waals surface area contributed by atoms with E-state index < -0.39 is 0 Å². The number of piperidine rings is 1. The lowest BCUT2D eigenvalue weighted by atomic mass is 9.68. The molecule has 0 radical (unpaired) electrons. The Hall–Kier alpha value is -1.08. The molecule has 154 valence electrons. The zero-order valence-electron chi connectivity index (χ0n) is 16.7. The average molecular weight is 405 g/mol. The topological polar surface area (TPSA) is 50.8 Å². The van der Waals surface area contributed by atoms with Crippen LogP contribution in [-0.4, -0.2) is 36.2 Å². The molecule has 2 saturated heterocycles. The molecule has 1 unspecified atom stereocenters. The van der Waals surface area contributed by atoms with Crippen LogP contribution in [0.4, 0.5) is 0 Å². The summed E-state index contributed by atoms with van der Waals surface area (Å²) < 4.78 is 7.95. The number of carbonyl (C=O) groups is 1. The Bertz CT molecular complexity index is 647. The highest BCUT2D eigenvalue weighted by molar-refractivity contribution is 7.97. The molecule has 1 saturated carbocycles. The number of nitrogens with zero attached hydrogens (tertiary/aromatic N) is 1.